The molecule has 2 rings (SSSR count). The summed E-state index contributed by atoms with van der Waals surface area (Å²) in [6.45, 7) is 0.934. The van der Waals surface area contributed by atoms with Crippen molar-refractivity contribution in [1.82, 2.24) is 15.5 Å². The lowest BCUT2D eigenvalue weighted by atomic mass is 10.0. The van der Waals surface area contributed by atoms with Gasteiger partial charge in [0.2, 0.25) is 17.7 Å². The zero-order valence-electron chi connectivity index (χ0n) is 18.2. The van der Waals surface area contributed by atoms with Gasteiger partial charge in [0.05, 0.1) is 12.7 Å². The number of aliphatic hydroxyl groups excluding tert-OH is 2. The third-order valence-electron chi connectivity index (χ3n) is 5.41. The number of carboxylic acids is 1. The Hall–Kier alpha value is -3.22. The minimum Gasteiger partial charge on any atom is -0.508 e. The molecule has 1 aliphatic heterocycles. The van der Waals surface area contributed by atoms with Crippen LogP contribution in [-0.2, 0) is 25.6 Å². The van der Waals surface area contributed by atoms with Crippen molar-refractivity contribution in [2.75, 3.05) is 13.2 Å². The number of phenolic OH excluding ortho intramolecular Hbond substituents is 1. The highest BCUT2D eigenvalue weighted by Gasteiger charge is 2.38. The predicted molar refractivity (Wildman–Crippen MR) is 115 cm³/mol. The largest absolute Gasteiger partial charge is 0.508 e. The van der Waals surface area contributed by atoms with Gasteiger partial charge in [-0.3, -0.25) is 14.4 Å². The molecule has 33 heavy (non-hydrogen) atoms. The summed E-state index contributed by atoms with van der Waals surface area (Å²) in [6, 6.07) is 0.846. The lowest BCUT2D eigenvalue weighted by Gasteiger charge is -2.29. The molecule has 5 atom stereocenters. The summed E-state index contributed by atoms with van der Waals surface area (Å²) in [7, 11) is 0. The van der Waals surface area contributed by atoms with Gasteiger partial charge < -0.3 is 41.7 Å². The number of aromatic hydroxyl groups is 1. The molecule has 0 aliphatic carbocycles. The number of aliphatic carboxylic acids is 1. The van der Waals surface area contributed by atoms with Crippen LogP contribution in [0.4, 0.5) is 0 Å². The maximum absolute atomic E-state index is 12.8. The molecule has 1 heterocycles. The number of phenols is 1. The predicted octanol–water partition coefficient (Wildman–Crippen LogP) is -2.32. The Morgan fingerprint density at radius 2 is 1.82 bits per heavy atom. The van der Waals surface area contributed by atoms with Gasteiger partial charge in [-0.2, -0.15) is 0 Å². The monoisotopic (exact) mass is 466 g/mol. The molecule has 3 amide bonds. The van der Waals surface area contributed by atoms with Crippen molar-refractivity contribution in [3.05, 3.63) is 29.8 Å². The van der Waals surface area contributed by atoms with Crippen LogP contribution >= 0.6 is 0 Å². The van der Waals surface area contributed by atoms with Crippen LogP contribution in [-0.4, -0.2) is 92.4 Å². The minimum absolute atomic E-state index is 0.00549. The summed E-state index contributed by atoms with van der Waals surface area (Å²) in [5.41, 5.74) is 6.10. The van der Waals surface area contributed by atoms with Gasteiger partial charge in [0.15, 0.2) is 0 Å². The molecule has 1 aromatic rings. The van der Waals surface area contributed by atoms with E-state index < -0.39 is 60.6 Å². The third kappa shape index (κ3) is 6.88. The highest BCUT2D eigenvalue weighted by atomic mass is 16.4. The quantitative estimate of drug-likeness (QED) is 0.197. The molecular formula is C21H30N4O8. The summed E-state index contributed by atoms with van der Waals surface area (Å²) >= 11 is 0. The van der Waals surface area contributed by atoms with E-state index in [0.717, 1.165) is 0 Å². The van der Waals surface area contributed by atoms with Gasteiger partial charge in [0.1, 0.15) is 29.9 Å². The van der Waals surface area contributed by atoms with Gasteiger partial charge in [-0.05, 0) is 37.5 Å². The van der Waals surface area contributed by atoms with E-state index >= 15 is 0 Å². The van der Waals surface area contributed by atoms with Crippen molar-refractivity contribution in [2.45, 2.75) is 56.5 Å². The van der Waals surface area contributed by atoms with Crippen molar-refractivity contribution < 1.29 is 39.6 Å². The fraction of sp³-hybridized carbons (Fsp3) is 0.524. The smallest absolute Gasteiger partial charge is 0.326 e. The highest BCUT2D eigenvalue weighted by molar-refractivity contribution is 5.94. The van der Waals surface area contributed by atoms with Gasteiger partial charge in [-0.15, -0.1) is 0 Å². The Kier molecular flexibility index (Phi) is 9.14. The van der Waals surface area contributed by atoms with Crippen molar-refractivity contribution in [3.8, 4) is 5.75 Å². The summed E-state index contributed by atoms with van der Waals surface area (Å²) in [4.78, 5) is 50.7. The van der Waals surface area contributed by atoms with Crippen molar-refractivity contribution in [2.24, 2.45) is 5.73 Å². The van der Waals surface area contributed by atoms with Crippen LogP contribution in [0.15, 0.2) is 24.3 Å². The van der Waals surface area contributed by atoms with Gasteiger partial charge in [-0.25, -0.2) is 4.79 Å². The molecular weight excluding hydrogens is 436 g/mol. The third-order valence-corrected chi connectivity index (χ3v) is 5.41. The zero-order valence-corrected chi connectivity index (χ0v) is 18.2. The topological polar surface area (TPSA) is 203 Å². The van der Waals surface area contributed by atoms with Gasteiger partial charge >= 0.3 is 5.97 Å². The summed E-state index contributed by atoms with van der Waals surface area (Å²) in [5, 5.41) is 42.7. The van der Waals surface area contributed by atoms with Crippen LogP contribution in [0, 0.1) is 0 Å². The molecule has 0 saturated carbocycles. The molecule has 1 aliphatic rings. The summed E-state index contributed by atoms with van der Waals surface area (Å²) < 4.78 is 0. The normalized spacial score (nSPS) is 19.3. The number of hydrogen-bond acceptors (Lipinski definition) is 8. The Morgan fingerprint density at radius 1 is 1.18 bits per heavy atom. The van der Waals surface area contributed by atoms with E-state index in [4.69, 9.17) is 10.8 Å². The second-order valence-electron chi connectivity index (χ2n) is 7.98. The number of likely N-dealkylation sites (tertiary alicyclic amines) is 1. The van der Waals surface area contributed by atoms with E-state index in [1.165, 1.54) is 36.1 Å². The van der Waals surface area contributed by atoms with Crippen LogP contribution in [0.3, 0.4) is 0 Å². The SMILES string of the molecule is CC(O)C(NC(=O)C1CCCN1C(=O)C(N)CO)C(=O)NC(Cc1ccc(O)cc1)C(=O)O. The fourth-order valence-electron chi connectivity index (χ4n) is 3.58. The van der Waals surface area contributed by atoms with Crippen molar-refractivity contribution >= 4 is 23.7 Å². The maximum Gasteiger partial charge on any atom is 0.326 e. The van der Waals surface area contributed by atoms with Crippen molar-refractivity contribution in [3.63, 3.8) is 0 Å². The van der Waals surface area contributed by atoms with E-state index in [1.807, 2.05) is 0 Å². The second-order valence-corrected chi connectivity index (χ2v) is 7.98. The number of nitrogens with zero attached hydrogens (tertiary/aromatic N) is 1. The Labute approximate surface area is 190 Å². The number of rotatable bonds is 10. The Morgan fingerprint density at radius 3 is 2.36 bits per heavy atom. The Bertz CT molecular complexity index is 860. The molecule has 5 unspecified atom stereocenters. The van der Waals surface area contributed by atoms with E-state index in [9.17, 15) is 34.5 Å². The molecule has 1 aromatic carbocycles. The zero-order chi connectivity index (χ0) is 24.7. The number of carboxylic acid groups (broad SMARTS) is 1. The van der Waals surface area contributed by atoms with E-state index in [2.05, 4.69) is 10.6 Å². The van der Waals surface area contributed by atoms with E-state index in [0.29, 0.717) is 18.4 Å². The average molecular weight is 466 g/mol. The lowest BCUT2D eigenvalue weighted by Crippen LogP contribution is -2.59. The van der Waals surface area contributed by atoms with Crippen LogP contribution in [0.1, 0.15) is 25.3 Å². The first-order valence-electron chi connectivity index (χ1n) is 10.5. The first kappa shape index (κ1) is 26.0. The number of amides is 3. The maximum atomic E-state index is 12.8. The number of nitrogens with one attached hydrogen (secondary N) is 2. The highest BCUT2D eigenvalue weighted by Crippen LogP contribution is 2.19. The van der Waals surface area contributed by atoms with Gasteiger partial charge in [0, 0.05) is 13.0 Å². The molecule has 1 fully saturated rings. The van der Waals surface area contributed by atoms with Gasteiger partial charge in [0.25, 0.3) is 0 Å². The molecule has 0 radical (unpaired) electrons. The van der Waals surface area contributed by atoms with Gasteiger partial charge in [-0.1, -0.05) is 12.1 Å². The minimum atomic E-state index is -1.47. The molecule has 0 bridgehead atoms. The van der Waals surface area contributed by atoms with Crippen molar-refractivity contribution in [1.29, 1.82) is 0 Å². The number of carbonyl (C=O) groups excluding carboxylic acids is 3. The molecule has 1 saturated heterocycles. The number of nitrogens with two attached hydrogens (primary N) is 1. The first-order chi connectivity index (χ1) is 15.5. The molecule has 0 spiro atoms. The van der Waals surface area contributed by atoms with E-state index in [1.54, 1.807) is 0 Å². The molecule has 12 nitrogen and oxygen atoms in total. The second kappa shape index (κ2) is 11.6. The van der Waals surface area contributed by atoms with Crippen LogP contribution in [0.25, 0.3) is 0 Å². The van der Waals surface area contributed by atoms with Crippen LogP contribution in [0.2, 0.25) is 0 Å². The number of aliphatic hydroxyl groups is 2. The number of benzene rings is 1. The lowest BCUT2D eigenvalue weighted by molar-refractivity contribution is -0.144. The molecule has 182 valence electrons. The Balaban J connectivity index is 2.08. The average Bonchev–Trinajstić information content (AvgIpc) is 3.26. The van der Waals surface area contributed by atoms with Crippen LogP contribution < -0.4 is 16.4 Å². The fourth-order valence-corrected chi connectivity index (χ4v) is 3.58. The molecule has 0 aromatic heterocycles. The van der Waals surface area contributed by atoms with E-state index in [-0.39, 0.29) is 18.7 Å². The molecule has 12 heteroatoms. The number of hydrogen-bond donors (Lipinski definition) is 7. The standard InChI is InChI=1S/C21H30N4O8/c1-11(27)17(24-18(29)16-3-2-8-25(16)20(31)14(22)10-26)19(30)23-15(21(32)33)9-12-4-6-13(28)7-5-12/h4-7,11,14-17,26-28H,2-3,8-10,22H2,1H3,(H,23,30)(H,24,29)(H,32,33). The summed E-state index contributed by atoms with van der Waals surface area (Å²) in [5.74, 6) is -3.53. The molecule has 8 N–H and O–H groups in total. The number of carbonyl (C=O) groups is 4. The first-order valence-corrected chi connectivity index (χ1v) is 10.5. The summed E-state index contributed by atoms with van der Waals surface area (Å²) in [6.07, 6.45) is -0.627. The van der Waals surface area contributed by atoms with Crippen LogP contribution in [0.5, 0.6) is 5.75 Å².